The van der Waals surface area contributed by atoms with Crippen LogP contribution in [0.25, 0.3) is 0 Å². The Labute approximate surface area is 94.2 Å². The average Bonchev–Trinajstić information content (AvgIpc) is 2.30. The summed E-state index contributed by atoms with van der Waals surface area (Å²) in [6.07, 6.45) is 1.59. The van der Waals surface area contributed by atoms with Crippen molar-refractivity contribution >= 4 is 11.8 Å². The minimum absolute atomic E-state index is 0.423. The molecule has 15 heavy (non-hydrogen) atoms. The van der Waals surface area contributed by atoms with E-state index in [9.17, 15) is 4.39 Å². The lowest BCUT2D eigenvalue weighted by atomic mass is 9.89. The molecule has 0 saturated carbocycles. The molecule has 1 aromatic carbocycles. The third-order valence-electron chi connectivity index (χ3n) is 2.91. The van der Waals surface area contributed by atoms with Crippen molar-refractivity contribution in [3.8, 4) is 0 Å². The van der Waals surface area contributed by atoms with Gasteiger partial charge in [-0.05, 0) is 29.7 Å². The van der Waals surface area contributed by atoms with Crippen LogP contribution < -0.4 is 5.73 Å². The minimum atomic E-state index is -1.15. The summed E-state index contributed by atoms with van der Waals surface area (Å²) in [7, 11) is 0. The molecule has 3 heteroatoms. The fourth-order valence-electron chi connectivity index (χ4n) is 2.11. The highest BCUT2D eigenvalue weighted by molar-refractivity contribution is 7.99. The first-order valence-corrected chi connectivity index (χ1v) is 6.47. The molecule has 1 saturated heterocycles. The Morgan fingerprint density at radius 3 is 2.87 bits per heavy atom. The van der Waals surface area contributed by atoms with Crippen LogP contribution in [0.2, 0.25) is 0 Å². The van der Waals surface area contributed by atoms with E-state index < -0.39 is 5.67 Å². The van der Waals surface area contributed by atoms with E-state index in [4.69, 9.17) is 5.73 Å². The lowest BCUT2D eigenvalue weighted by molar-refractivity contribution is 0.176. The van der Waals surface area contributed by atoms with Crippen molar-refractivity contribution in [3.63, 3.8) is 0 Å². The van der Waals surface area contributed by atoms with E-state index in [2.05, 4.69) is 0 Å². The van der Waals surface area contributed by atoms with Crippen LogP contribution in [0.1, 0.15) is 24.0 Å². The Kier molecular flexibility index (Phi) is 3.32. The van der Waals surface area contributed by atoms with Crippen LogP contribution in [0.3, 0.4) is 0 Å². The molecule has 82 valence electrons. The molecular formula is C12H16FNS. The van der Waals surface area contributed by atoms with Gasteiger partial charge >= 0.3 is 0 Å². The van der Waals surface area contributed by atoms with Gasteiger partial charge in [-0.1, -0.05) is 24.3 Å². The number of halogens is 1. The summed E-state index contributed by atoms with van der Waals surface area (Å²) in [5.74, 6) is 1.65. The second kappa shape index (κ2) is 4.54. The maximum Gasteiger partial charge on any atom is 0.145 e. The minimum Gasteiger partial charge on any atom is -0.326 e. The number of thioether (sulfide) groups is 1. The van der Waals surface area contributed by atoms with Gasteiger partial charge in [0.25, 0.3) is 0 Å². The zero-order valence-electron chi connectivity index (χ0n) is 8.71. The highest BCUT2D eigenvalue weighted by Gasteiger charge is 2.35. The topological polar surface area (TPSA) is 26.0 Å². The van der Waals surface area contributed by atoms with Gasteiger partial charge in [0.2, 0.25) is 0 Å². The monoisotopic (exact) mass is 225 g/mol. The molecule has 1 atom stereocenters. The maximum atomic E-state index is 14.7. The van der Waals surface area contributed by atoms with Crippen molar-refractivity contribution in [2.75, 3.05) is 11.5 Å². The molecule has 0 spiro atoms. The molecule has 2 N–H and O–H groups in total. The SMILES string of the molecule is NCc1ccccc1C1(F)CCCSC1. The summed E-state index contributed by atoms with van der Waals surface area (Å²) in [4.78, 5) is 0. The van der Waals surface area contributed by atoms with E-state index >= 15 is 0 Å². The molecule has 1 nitrogen and oxygen atoms in total. The third kappa shape index (κ3) is 2.18. The maximum absolute atomic E-state index is 14.7. The summed E-state index contributed by atoms with van der Waals surface area (Å²) in [5.41, 5.74) is 6.24. The number of alkyl halides is 1. The van der Waals surface area contributed by atoms with Gasteiger partial charge in [0, 0.05) is 12.3 Å². The number of hydrogen-bond acceptors (Lipinski definition) is 2. The number of nitrogens with two attached hydrogens (primary N) is 1. The van der Waals surface area contributed by atoms with E-state index in [1.165, 1.54) is 0 Å². The summed E-state index contributed by atoms with van der Waals surface area (Å²) >= 11 is 1.70. The van der Waals surface area contributed by atoms with Crippen molar-refractivity contribution in [2.24, 2.45) is 5.73 Å². The van der Waals surface area contributed by atoms with Crippen LogP contribution >= 0.6 is 11.8 Å². The molecule has 1 fully saturated rings. The summed E-state index contributed by atoms with van der Waals surface area (Å²) in [6.45, 7) is 0.423. The zero-order chi connectivity index (χ0) is 10.7. The Morgan fingerprint density at radius 2 is 2.20 bits per heavy atom. The van der Waals surface area contributed by atoms with Gasteiger partial charge in [0.05, 0.1) is 0 Å². The lowest BCUT2D eigenvalue weighted by Gasteiger charge is -2.31. The van der Waals surface area contributed by atoms with Gasteiger partial charge in [0.1, 0.15) is 5.67 Å². The van der Waals surface area contributed by atoms with E-state index in [0.29, 0.717) is 18.7 Å². The molecule has 1 unspecified atom stereocenters. The lowest BCUT2D eigenvalue weighted by Crippen LogP contribution is -2.29. The molecule has 0 aromatic heterocycles. The predicted octanol–water partition coefficient (Wildman–Crippen LogP) is 2.84. The molecule has 1 aliphatic heterocycles. The van der Waals surface area contributed by atoms with E-state index in [-0.39, 0.29) is 0 Å². The largest absolute Gasteiger partial charge is 0.326 e. The standard InChI is InChI=1S/C12H16FNS/c13-12(6-3-7-15-9-12)11-5-2-1-4-10(11)8-14/h1-2,4-5H,3,6-9,14H2. The second-order valence-electron chi connectivity index (χ2n) is 3.98. The van der Waals surface area contributed by atoms with Gasteiger partial charge in [0.15, 0.2) is 0 Å². The van der Waals surface area contributed by atoms with Gasteiger partial charge in [-0.2, -0.15) is 11.8 Å². The molecule has 1 heterocycles. The first-order chi connectivity index (χ1) is 7.26. The highest BCUT2D eigenvalue weighted by Crippen LogP contribution is 2.40. The number of rotatable bonds is 2. The molecule has 0 amide bonds. The summed E-state index contributed by atoms with van der Waals surface area (Å²) < 4.78 is 14.7. The zero-order valence-corrected chi connectivity index (χ0v) is 9.52. The average molecular weight is 225 g/mol. The molecule has 0 radical (unpaired) electrons. The Bertz CT molecular complexity index is 334. The quantitative estimate of drug-likeness (QED) is 0.837. The Hall–Kier alpha value is -0.540. The number of benzene rings is 1. The van der Waals surface area contributed by atoms with Crippen LogP contribution in [0.5, 0.6) is 0 Å². The first kappa shape index (κ1) is 11.0. The van der Waals surface area contributed by atoms with Crippen LogP contribution in [-0.4, -0.2) is 11.5 Å². The van der Waals surface area contributed by atoms with E-state index in [0.717, 1.165) is 23.3 Å². The van der Waals surface area contributed by atoms with E-state index in [1.54, 1.807) is 11.8 Å². The van der Waals surface area contributed by atoms with Crippen LogP contribution in [0, 0.1) is 0 Å². The normalized spacial score (nSPS) is 26.5. The third-order valence-corrected chi connectivity index (χ3v) is 4.15. The molecule has 0 bridgehead atoms. The second-order valence-corrected chi connectivity index (χ2v) is 5.09. The number of hydrogen-bond donors (Lipinski definition) is 1. The molecular weight excluding hydrogens is 209 g/mol. The summed E-state index contributed by atoms with van der Waals surface area (Å²) in [6, 6.07) is 7.63. The molecule has 0 aliphatic carbocycles. The Balaban J connectivity index is 2.34. The van der Waals surface area contributed by atoms with Gasteiger partial charge in [-0.15, -0.1) is 0 Å². The van der Waals surface area contributed by atoms with Crippen molar-refractivity contribution in [2.45, 2.75) is 25.1 Å². The molecule has 2 rings (SSSR count). The molecule has 1 aromatic rings. The van der Waals surface area contributed by atoms with Crippen LogP contribution in [-0.2, 0) is 12.2 Å². The van der Waals surface area contributed by atoms with E-state index in [1.807, 2.05) is 24.3 Å². The highest BCUT2D eigenvalue weighted by atomic mass is 32.2. The first-order valence-electron chi connectivity index (χ1n) is 5.31. The molecule has 1 aliphatic rings. The van der Waals surface area contributed by atoms with Crippen LogP contribution in [0.4, 0.5) is 4.39 Å². The predicted molar refractivity (Wildman–Crippen MR) is 63.7 cm³/mol. The van der Waals surface area contributed by atoms with Crippen molar-refractivity contribution in [1.82, 2.24) is 0 Å². The fourth-order valence-corrected chi connectivity index (χ4v) is 3.22. The van der Waals surface area contributed by atoms with Crippen molar-refractivity contribution in [3.05, 3.63) is 35.4 Å². The van der Waals surface area contributed by atoms with Gasteiger partial charge in [-0.25, -0.2) is 4.39 Å². The smallest absolute Gasteiger partial charge is 0.145 e. The van der Waals surface area contributed by atoms with Gasteiger partial charge < -0.3 is 5.73 Å². The van der Waals surface area contributed by atoms with Crippen molar-refractivity contribution < 1.29 is 4.39 Å². The van der Waals surface area contributed by atoms with Crippen molar-refractivity contribution in [1.29, 1.82) is 0 Å². The Morgan fingerprint density at radius 1 is 1.40 bits per heavy atom. The van der Waals surface area contributed by atoms with Gasteiger partial charge in [-0.3, -0.25) is 0 Å². The van der Waals surface area contributed by atoms with Crippen LogP contribution in [0.15, 0.2) is 24.3 Å². The summed E-state index contributed by atoms with van der Waals surface area (Å²) in [5, 5.41) is 0. The fraction of sp³-hybridized carbons (Fsp3) is 0.500.